The molecule has 5 heteroatoms. The van der Waals surface area contributed by atoms with Crippen molar-refractivity contribution in [1.29, 1.82) is 0 Å². The Kier molecular flexibility index (Phi) is 3.58. The maximum absolute atomic E-state index is 12.2. The van der Waals surface area contributed by atoms with Crippen LogP contribution in [0, 0.1) is 11.8 Å². The van der Waals surface area contributed by atoms with Crippen molar-refractivity contribution in [3.63, 3.8) is 0 Å². The summed E-state index contributed by atoms with van der Waals surface area (Å²) in [4.78, 5) is 0. The number of rotatable bonds is 4. The highest BCUT2D eigenvalue weighted by atomic mass is 35.5. The second kappa shape index (κ2) is 5.08. The summed E-state index contributed by atoms with van der Waals surface area (Å²) in [7, 11) is -3.27. The summed E-state index contributed by atoms with van der Waals surface area (Å²) in [6, 6.07) is 7.20. The second-order valence-corrected chi connectivity index (χ2v) is 7.98. The van der Waals surface area contributed by atoms with Crippen LogP contribution in [0.1, 0.15) is 31.2 Å². The summed E-state index contributed by atoms with van der Waals surface area (Å²) in [5, 5.41) is 0.577. The first-order valence-corrected chi connectivity index (χ1v) is 8.79. The van der Waals surface area contributed by atoms with E-state index in [2.05, 4.69) is 4.72 Å². The van der Waals surface area contributed by atoms with Crippen molar-refractivity contribution in [1.82, 2.24) is 4.72 Å². The summed E-state index contributed by atoms with van der Waals surface area (Å²) in [5.41, 5.74) is 0.739. The molecule has 2 fully saturated rings. The zero-order valence-electron chi connectivity index (χ0n) is 10.7. The maximum atomic E-state index is 12.2. The molecule has 3 rings (SSSR count). The Morgan fingerprint density at radius 3 is 2.74 bits per heavy atom. The van der Waals surface area contributed by atoms with Crippen LogP contribution in [-0.2, 0) is 15.8 Å². The Morgan fingerprint density at radius 1 is 1.26 bits per heavy atom. The fraction of sp³-hybridized carbons (Fsp3) is 0.571. The van der Waals surface area contributed by atoms with E-state index in [0.717, 1.165) is 17.9 Å². The third-order valence-electron chi connectivity index (χ3n) is 4.31. The lowest BCUT2D eigenvalue weighted by Gasteiger charge is -2.22. The van der Waals surface area contributed by atoms with E-state index in [4.69, 9.17) is 11.6 Å². The summed E-state index contributed by atoms with van der Waals surface area (Å²) < 4.78 is 27.3. The molecule has 0 aliphatic heterocycles. The third kappa shape index (κ3) is 3.12. The summed E-state index contributed by atoms with van der Waals surface area (Å²) >= 11 is 5.88. The monoisotopic (exact) mass is 299 g/mol. The molecule has 1 aromatic rings. The second-order valence-electron chi connectivity index (χ2n) is 5.79. The lowest BCUT2D eigenvalue weighted by molar-refractivity contribution is 0.390. The van der Waals surface area contributed by atoms with Gasteiger partial charge in [-0.15, -0.1) is 0 Å². The first kappa shape index (κ1) is 13.4. The summed E-state index contributed by atoms with van der Waals surface area (Å²) in [6.45, 7) is 0. The van der Waals surface area contributed by atoms with E-state index in [0.29, 0.717) is 10.9 Å². The van der Waals surface area contributed by atoms with Gasteiger partial charge in [0.2, 0.25) is 10.0 Å². The Hall–Kier alpha value is -0.580. The van der Waals surface area contributed by atoms with Crippen molar-refractivity contribution < 1.29 is 8.42 Å². The number of halogens is 1. The molecule has 0 radical (unpaired) electrons. The van der Waals surface area contributed by atoms with Crippen LogP contribution in [0.5, 0.6) is 0 Å². The molecule has 19 heavy (non-hydrogen) atoms. The van der Waals surface area contributed by atoms with E-state index in [9.17, 15) is 8.42 Å². The Labute approximate surface area is 119 Å². The highest BCUT2D eigenvalue weighted by Crippen LogP contribution is 2.44. The summed E-state index contributed by atoms with van der Waals surface area (Å²) in [6.07, 6.45) is 4.66. The van der Waals surface area contributed by atoms with Crippen LogP contribution in [0.2, 0.25) is 5.02 Å². The van der Waals surface area contributed by atoms with Gasteiger partial charge in [0.15, 0.2) is 0 Å². The predicted octanol–water partition coefficient (Wildman–Crippen LogP) is 2.95. The number of sulfonamides is 1. The number of fused-ring (bicyclic) bond motifs is 2. The SMILES string of the molecule is O=S(=O)(Cc1cccc(Cl)c1)N[C@H]1C[C@H]2CC[C@@H]1C2. The van der Waals surface area contributed by atoms with Gasteiger partial charge in [-0.05, 0) is 48.8 Å². The van der Waals surface area contributed by atoms with E-state index in [-0.39, 0.29) is 11.8 Å². The molecule has 0 aromatic heterocycles. The number of hydrogen-bond donors (Lipinski definition) is 1. The van der Waals surface area contributed by atoms with Gasteiger partial charge in [0.1, 0.15) is 0 Å². The van der Waals surface area contributed by atoms with Crippen LogP contribution in [-0.4, -0.2) is 14.5 Å². The molecule has 0 spiro atoms. The summed E-state index contributed by atoms with van der Waals surface area (Å²) in [5.74, 6) is 1.31. The smallest absolute Gasteiger partial charge is 0.212 e. The number of benzene rings is 1. The molecule has 1 aromatic carbocycles. The minimum absolute atomic E-state index is 0.0153. The highest BCUT2D eigenvalue weighted by molar-refractivity contribution is 7.88. The third-order valence-corrected chi connectivity index (χ3v) is 5.93. The fourth-order valence-corrected chi connectivity index (χ4v) is 5.17. The zero-order valence-corrected chi connectivity index (χ0v) is 12.3. The normalized spacial score (nSPS) is 29.8. The highest BCUT2D eigenvalue weighted by Gasteiger charge is 2.40. The average molecular weight is 300 g/mol. The molecular weight excluding hydrogens is 282 g/mol. The molecule has 2 saturated carbocycles. The van der Waals surface area contributed by atoms with E-state index >= 15 is 0 Å². The molecule has 3 nitrogen and oxygen atoms in total. The Bertz CT molecular complexity index is 573. The molecule has 104 valence electrons. The number of nitrogens with one attached hydrogen (secondary N) is 1. The lowest BCUT2D eigenvalue weighted by atomic mass is 9.96. The van der Waals surface area contributed by atoms with E-state index in [1.54, 1.807) is 24.3 Å². The van der Waals surface area contributed by atoms with Gasteiger partial charge in [0.25, 0.3) is 0 Å². The molecular formula is C14H18ClNO2S. The minimum Gasteiger partial charge on any atom is -0.212 e. The van der Waals surface area contributed by atoms with Crippen molar-refractivity contribution in [3.8, 4) is 0 Å². The van der Waals surface area contributed by atoms with Crippen LogP contribution in [0.15, 0.2) is 24.3 Å². The molecule has 3 atom stereocenters. The molecule has 1 N–H and O–H groups in total. The van der Waals surface area contributed by atoms with Crippen LogP contribution in [0.4, 0.5) is 0 Å². The van der Waals surface area contributed by atoms with Crippen molar-refractivity contribution >= 4 is 21.6 Å². The largest absolute Gasteiger partial charge is 0.216 e. The van der Waals surface area contributed by atoms with Gasteiger partial charge in [-0.3, -0.25) is 0 Å². The topological polar surface area (TPSA) is 46.2 Å². The molecule has 2 aliphatic rings. The van der Waals surface area contributed by atoms with Crippen LogP contribution < -0.4 is 4.72 Å². The number of hydrogen-bond acceptors (Lipinski definition) is 2. The van der Waals surface area contributed by atoms with Gasteiger partial charge in [-0.2, -0.15) is 0 Å². The molecule has 0 unspecified atom stereocenters. The van der Waals surface area contributed by atoms with Gasteiger partial charge in [-0.25, -0.2) is 13.1 Å². The van der Waals surface area contributed by atoms with E-state index in [1.807, 2.05) is 0 Å². The molecule has 0 heterocycles. The average Bonchev–Trinajstić information content (AvgIpc) is 2.89. The van der Waals surface area contributed by atoms with Crippen LogP contribution >= 0.6 is 11.6 Å². The van der Waals surface area contributed by atoms with Gasteiger partial charge in [0, 0.05) is 11.1 Å². The zero-order chi connectivity index (χ0) is 13.5. The first-order valence-electron chi connectivity index (χ1n) is 6.76. The van der Waals surface area contributed by atoms with E-state index in [1.165, 1.54) is 19.3 Å². The van der Waals surface area contributed by atoms with Gasteiger partial charge < -0.3 is 0 Å². The predicted molar refractivity (Wildman–Crippen MR) is 76.4 cm³/mol. The molecule has 2 bridgehead atoms. The standard InChI is InChI=1S/C14H18ClNO2S/c15-13-3-1-2-11(7-13)9-19(17,18)16-14-8-10-4-5-12(14)6-10/h1-3,7,10,12,14,16H,4-6,8-9H2/t10-,12+,14-/m0/s1. The van der Waals surface area contributed by atoms with Crippen molar-refractivity contribution in [2.45, 2.75) is 37.5 Å². The molecule has 2 aliphatic carbocycles. The quantitative estimate of drug-likeness (QED) is 0.929. The minimum atomic E-state index is -3.27. The van der Waals surface area contributed by atoms with Crippen molar-refractivity contribution in [2.24, 2.45) is 11.8 Å². The lowest BCUT2D eigenvalue weighted by Crippen LogP contribution is -2.39. The van der Waals surface area contributed by atoms with Crippen molar-refractivity contribution in [2.75, 3.05) is 0 Å². The fourth-order valence-electron chi connectivity index (χ4n) is 3.51. The first-order chi connectivity index (χ1) is 9.02. The van der Waals surface area contributed by atoms with Gasteiger partial charge in [-0.1, -0.05) is 30.2 Å². The van der Waals surface area contributed by atoms with Crippen molar-refractivity contribution in [3.05, 3.63) is 34.9 Å². The van der Waals surface area contributed by atoms with Crippen LogP contribution in [0.25, 0.3) is 0 Å². The van der Waals surface area contributed by atoms with Gasteiger partial charge >= 0.3 is 0 Å². The maximum Gasteiger partial charge on any atom is 0.216 e. The van der Waals surface area contributed by atoms with Gasteiger partial charge in [0.05, 0.1) is 5.75 Å². The van der Waals surface area contributed by atoms with E-state index < -0.39 is 10.0 Å². The van der Waals surface area contributed by atoms with Crippen LogP contribution in [0.3, 0.4) is 0 Å². The Balaban J connectivity index is 1.66. The Morgan fingerprint density at radius 2 is 2.11 bits per heavy atom. The molecule has 0 saturated heterocycles. The molecule has 0 amide bonds.